The van der Waals surface area contributed by atoms with Gasteiger partial charge in [0.05, 0.1) is 0 Å². The van der Waals surface area contributed by atoms with Crippen LogP contribution in [-0.2, 0) is 11.3 Å². The van der Waals surface area contributed by atoms with Gasteiger partial charge in [-0.15, -0.1) is 0 Å². The zero-order chi connectivity index (χ0) is 15.5. The fourth-order valence-electron chi connectivity index (χ4n) is 2.85. The lowest BCUT2D eigenvalue weighted by atomic mass is 10.0. The molecule has 116 valence electrons. The van der Waals surface area contributed by atoms with Gasteiger partial charge in [-0.3, -0.25) is 14.6 Å². The number of benzene rings is 1. The Morgan fingerprint density at radius 1 is 1.24 bits per heavy atom. The summed E-state index contributed by atoms with van der Waals surface area (Å²) in [4.78, 5) is 16.9. The van der Waals surface area contributed by atoms with Gasteiger partial charge in [-0.1, -0.05) is 30.3 Å². The van der Waals surface area contributed by atoms with Crippen molar-refractivity contribution in [2.24, 2.45) is 0 Å². The van der Waals surface area contributed by atoms with Gasteiger partial charge >= 0.3 is 0 Å². The molecular formula is C17H27N3O. The SMILES string of the molecule is CNC(=O)C1CN(C(C)(C)C)CCN1Cc1ccccc1. The summed E-state index contributed by atoms with van der Waals surface area (Å²) in [6.45, 7) is 10.2. The Kier molecular flexibility index (Phi) is 5.01. The van der Waals surface area contributed by atoms with Crippen molar-refractivity contribution in [2.75, 3.05) is 26.7 Å². The van der Waals surface area contributed by atoms with E-state index in [9.17, 15) is 4.79 Å². The first-order chi connectivity index (χ1) is 9.91. The van der Waals surface area contributed by atoms with Crippen molar-refractivity contribution in [3.05, 3.63) is 35.9 Å². The lowest BCUT2D eigenvalue weighted by Gasteiger charge is -2.46. The largest absolute Gasteiger partial charge is 0.358 e. The van der Waals surface area contributed by atoms with Crippen molar-refractivity contribution >= 4 is 5.91 Å². The maximum absolute atomic E-state index is 12.3. The third-order valence-electron chi connectivity index (χ3n) is 4.22. The zero-order valence-electron chi connectivity index (χ0n) is 13.6. The number of nitrogens with zero attached hydrogens (tertiary/aromatic N) is 2. The minimum atomic E-state index is -0.0804. The summed E-state index contributed by atoms with van der Waals surface area (Å²) >= 11 is 0. The fourth-order valence-corrected chi connectivity index (χ4v) is 2.85. The predicted molar refractivity (Wildman–Crippen MR) is 86.0 cm³/mol. The average Bonchev–Trinajstić information content (AvgIpc) is 2.47. The van der Waals surface area contributed by atoms with Gasteiger partial charge in [-0.25, -0.2) is 0 Å². The van der Waals surface area contributed by atoms with Crippen LogP contribution in [0.4, 0.5) is 0 Å². The van der Waals surface area contributed by atoms with Gasteiger partial charge in [0.2, 0.25) is 5.91 Å². The molecule has 1 aromatic rings. The van der Waals surface area contributed by atoms with Crippen LogP contribution in [0.15, 0.2) is 30.3 Å². The molecule has 1 aromatic carbocycles. The Bertz CT molecular complexity index is 467. The number of hydrogen-bond acceptors (Lipinski definition) is 3. The van der Waals surface area contributed by atoms with E-state index in [1.165, 1.54) is 5.56 Å². The third kappa shape index (κ3) is 4.05. The van der Waals surface area contributed by atoms with Crippen LogP contribution in [0.2, 0.25) is 0 Å². The first-order valence-corrected chi connectivity index (χ1v) is 7.66. The van der Waals surface area contributed by atoms with E-state index in [0.29, 0.717) is 0 Å². The van der Waals surface area contributed by atoms with Gasteiger partial charge in [0.25, 0.3) is 0 Å². The zero-order valence-corrected chi connectivity index (χ0v) is 13.6. The Balaban J connectivity index is 2.11. The van der Waals surface area contributed by atoms with Crippen LogP contribution in [0.25, 0.3) is 0 Å². The van der Waals surface area contributed by atoms with Gasteiger partial charge in [0.1, 0.15) is 6.04 Å². The molecule has 2 rings (SSSR count). The normalized spacial score (nSPS) is 21.2. The second-order valence-corrected chi connectivity index (χ2v) is 6.70. The smallest absolute Gasteiger partial charge is 0.238 e. The molecule has 21 heavy (non-hydrogen) atoms. The van der Waals surface area contributed by atoms with Gasteiger partial charge in [-0.05, 0) is 26.3 Å². The van der Waals surface area contributed by atoms with E-state index < -0.39 is 0 Å². The van der Waals surface area contributed by atoms with E-state index in [0.717, 1.165) is 26.2 Å². The summed E-state index contributed by atoms with van der Waals surface area (Å²) in [7, 11) is 1.72. The molecule has 0 saturated carbocycles. The van der Waals surface area contributed by atoms with E-state index >= 15 is 0 Å². The van der Waals surface area contributed by atoms with Gasteiger partial charge in [0.15, 0.2) is 0 Å². The lowest BCUT2D eigenvalue weighted by Crippen LogP contribution is -2.61. The van der Waals surface area contributed by atoms with Crippen LogP contribution in [0, 0.1) is 0 Å². The van der Waals surface area contributed by atoms with E-state index in [-0.39, 0.29) is 17.5 Å². The second-order valence-electron chi connectivity index (χ2n) is 6.70. The quantitative estimate of drug-likeness (QED) is 0.920. The molecule has 1 aliphatic heterocycles. The van der Waals surface area contributed by atoms with Gasteiger partial charge in [0, 0.05) is 38.8 Å². The van der Waals surface area contributed by atoms with Crippen molar-refractivity contribution in [2.45, 2.75) is 38.9 Å². The van der Waals surface area contributed by atoms with Crippen LogP contribution >= 0.6 is 0 Å². The molecule has 4 heteroatoms. The first kappa shape index (κ1) is 16.0. The fraction of sp³-hybridized carbons (Fsp3) is 0.588. The van der Waals surface area contributed by atoms with Crippen molar-refractivity contribution in [1.29, 1.82) is 0 Å². The topological polar surface area (TPSA) is 35.6 Å². The minimum Gasteiger partial charge on any atom is -0.358 e. The van der Waals surface area contributed by atoms with Crippen molar-refractivity contribution in [3.63, 3.8) is 0 Å². The van der Waals surface area contributed by atoms with Crippen LogP contribution in [0.3, 0.4) is 0 Å². The Labute approximate surface area is 128 Å². The molecule has 0 radical (unpaired) electrons. The number of hydrogen-bond donors (Lipinski definition) is 1. The summed E-state index contributed by atoms with van der Waals surface area (Å²) in [6, 6.07) is 10.3. The van der Waals surface area contributed by atoms with Crippen LogP contribution in [0.5, 0.6) is 0 Å². The minimum absolute atomic E-state index is 0.0804. The maximum Gasteiger partial charge on any atom is 0.238 e. The summed E-state index contributed by atoms with van der Waals surface area (Å²) in [5.41, 5.74) is 1.36. The molecule has 1 heterocycles. The molecule has 0 aliphatic carbocycles. The lowest BCUT2D eigenvalue weighted by molar-refractivity contribution is -0.129. The van der Waals surface area contributed by atoms with E-state index in [4.69, 9.17) is 0 Å². The summed E-state index contributed by atoms with van der Waals surface area (Å²) < 4.78 is 0. The van der Waals surface area contributed by atoms with E-state index in [1.54, 1.807) is 7.05 Å². The number of carbonyl (C=O) groups is 1. The molecule has 0 bridgehead atoms. The van der Waals surface area contributed by atoms with Crippen LogP contribution in [0.1, 0.15) is 26.3 Å². The maximum atomic E-state index is 12.3. The van der Waals surface area contributed by atoms with E-state index in [2.05, 4.69) is 60.2 Å². The highest BCUT2D eigenvalue weighted by Crippen LogP contribution is 2.21. The molecule has 0 aromatic heterocycles. The van der Waals surface area contributed by atoms with Gasteiger partial charge < -0.3 is 5.32 Å². The van der Waals surface area contributed by atoms with E-state index in [1.807, 2.05) is 6.07 Å². The summed E-state index contributed by atoms with van der Waals surface area (Å²) in [5, 5.41) is 2.82. The molecule has 4 nitrogen and oxygen atoms in total. The number of carbonyl (C=O) groups excluding carboxylic acids is 1. The highest BCUT2D eigenvalue weighted by atomic mass is 16.2. The van der Waals surface area contributed by atoms with Crippen molar-refractivity contribution < 1.29 is 4.79 Å². The number of likely N-dealkylation sites (N-methyl/N-ethyl adjacent to an activating group) is 1. The molecular weight excluding hydrogens is 262 g/mol. The van der Waals surface area contributed by atoms with Crippen LogP contribution < -0.4 is 5.32 Å². The van der Waals surface area contributed by atoms with Gasteiger partial charge in [-0.2, -0.15) is 0 Å². The number of rotatable bonds is 3. The Morgan fingerprint density at radius 3 is 2.48 bits per heavy atom. The highest BCUT2D eigenvalue weighted by Gasteiger charge is 2.35. The number of nitrogens with one attached hydrogen (secondary N) is 1. The average molecular weight is 289 g/mol. The molecule has 1 atom stereocenters. The van der Waals surface area contributed by atoms with Crippen LogP contribution in [-0.4, -0.2) is 54.0 Å². The molecule has 1 fully saturated rings. The Morgan fingerprint density at radius 2 is 1.90 bits per heavy atom. The Hall–Kier alpha value is -1.39. The third-order valence-corrected chi connectivity index (χ3v) is 4.22. The second kappa shape index (κ2) is 6.58. The van der Waals surface area contributed by atoms with Crippen molar-refractivity contribution in [3.8, 4) is 0 Å². The summed E-state index contributed by atoms with van der Waals surface area (Å²) in [6.07, 6.45) is 0. The number of piperazine rings is 1. The van der Waals surface area contributed by atoms with Crippen molar-refractivity contribution in [1.82, 2.24) is 15.1 Å². The molecule has 1 N–H and O–H groups in total. The molecule has 1 saturated heterocycles. The summed E-state index contributed by atoms with van der Waals surface area (Å²) in [5.74, 6) is 0.111. The first-order valence-electron chi connectivity index (χ1n) is 7.66. The molecule has 1 amide bonds. The molecule has 1 unspecified atom stereocenters. The highest BCUT2D eigenvalue weighted by molar-refractivity contribution is 5.81. The number of amides is 1. The molecule has 1 aliphatic rings. The molecule has 0 spiro atoms. The monoisotopic (exact) mass is 289 g/mol. The standard InChI is InChI=1S/C17H27N3O/c1-17(2,3)20-11-10-19(15(13-20)16(21)18-4)12-14-8-6-5-7-9-14/h5-9,15H,10-13H2,1-4H3,(H,18,21). The predicted octanol–water partition coefficient (Wildman–Crippen LogP) is 1.72.